The highest BCUT2D eigenvalue weighted by Gasteiger charge is 2.20. The van der Waals surface area contributed by atoms with Crippen molar-refractivity contribution >= 4 is 17.6 Å². The number of hydrogen-bond donors (Lipinski definition) is 2. The molecule has 0 saturated heterocycles. The predicted octanol–water partition coefficient (Wildman–Crippen LogP) is 2.20. The SMILES string of the molecule is CCCC(Oc1ccc2c(c1)CCC(=O)N2)C(=O)O. The number of carbonyl (C=O) groups excluding carboxylic acids is 1. The summed E-state index contributed by atoms with van der Waals surface area (Å²) < 4.78 is 5.50. The van der Waals surface area contributed by atoms with Gasteiger partial charge in [-0.3, -0.25) is 4.79 Å². The number of aryl methyl sites for hydroxylation is 1. The second-order valence-electron chi connectivity index (χ2n) is 4.60. The summed E-state index contributed by atoms with van der Waals surface area (Å²) in [6.45, 7) is 1.92. The van der Waals surface area contributed by atoms with Gasteiger partial charge in [-0.2, -0.15) is 0 Å². The number of hydrogen-bond acceptors (Lipinski definition) is 3. The number of rotatable bonds is 5. The Hall–Kier alpha value is -2.04. The third kappa shape index (κ3) is 3.24. The smallest absolute Gasteiger partial charge is 0.344 e. The fourth-order valence-electron chi connectivity index (χ4n) is 2.09. The van der Waals surface area contributed by atoms with Crippen LogP contribution in [0.15, 0.2) is 18.2 Å². The minimum atomic E-state index is -0.951. The zero-order valence-electron chi connectivity index (χ0n) is 10.8. The van der Waals surface area contributed by atoms with Crippen LogP contribution < -0.4 is 10.1 Å². The maximum atomic E-state index is 11.2. The topological polar surface area (TPSA) is 75.6 Å². The summed E-state index contributed by atoms with van der Waals surface area (Å²) in [6.07, 6.45) is 1.51. The molecule has 1 atom stereocenters. The summed E-state index contributed by atoms with van der Waals surface area (Å²) in [5.41, 5.74) is 1.77. The molecule has 1 aromatic carbocycles. The molecule has 2 rings (SSSR count). The van der Waals surface area contributed by atoms with Gasteiger partial charge >= 0.3 is 5.97 Å². The first-order valence-electron chi connectivity index (χ1n) is 6.42. The van der Waals surface area contributed by atoms with Crippen molar-refractivity contribution in [1.82, 2.24) is 0 Å². The van der Waals surface area contributed by atoms with E-state index in [0.29, 0.717) is 25.0 Å². The van der Waals surface area contributed by atoms with E-state index in [1.54, 1.807) is 18.2 Å². The zero-order valence-corrected chi connectivity index (χ0v) is 10.8. The number of nitrogens with one attached hydrogen (secondary N) is 1. The lowest BCUT2D eigenvalue weighted by atomic mass is 10.0. The van der Waals surface area contributed by atoms with Gasteiger partial charge in [0.25, 0.3) is 0 Å². The van der Waals surface area contributed by atoms with Crippen molar-refractivity contribution in [2.75, 3.05) is 5.32 Å². The van der Waals surface area contributed by atoms with Crippen molar-refractivity contribution in [3.05, 3.63) is 23.8 Å². The Bertz CT molecular complexity index is 498. The minimum Gasteiger partial charge on any atom is -0.479 e. The number of aliphatic carboxylic acids is 1. The van der Waals surface area contributed by atoms with Gasteiger partial charge in [0.2, 0.25) is 5.91 Å². The number of carboxylic acid groups (broad SMARTS) is 1. The summed E-state index contributed by atoms with van der Waals surface area (Å²) >= 11 is 0. The number of benzene rings is 1. The largest absolute Gasteiger partial charge is 0.479 e. The monoisotopic (exact) mass is 263 g/mol. The Balaban J connectivity index is 2.13. The molecular formula is C14H17NO4. The standard InChI is InChI=1S/C14H17NO4/c1-2-3-12(14(17)18)19-10-5-6-11-9(8-10)4-7-13(16)15-11/h5-6,8,12H,2-4,7H2,1H3,(H,15,16)(H,17,18). The maximum absolute atomic E-state index is 11.2. The molecule has 0 bridgehead atoms. The molecule has 1 amide bonds. The molecule has 0 spiro atoms. The first-order chi connectivity index (χ1) is 9.10. The van der Waals surface area contributed by atoms with Crippen molar-refractivity contribution in [3.63, 3.8) is 0 Å². The summed E-state index contributed by atoms with van der Waals surface area (Å²) in [5.74, 6) is -0.404. The van der Waals surface area contributed by atoms with Crippen LogP contribution in [0.25, 0.3) is 0 Å². The van der Waals surface area contributed by atoms with Crippen LogP contribution in [-0.2, 0) is 16.0 Å². The number of carboxylic acids is 1. The summed E-state index contributed by atoms with van der Waals surface area (Å²) in [7, 11) is 0. The quantitative estimate of drug-likeness (QED) is 0.854. The predicted molar refractivity (Wildman–Crippen MR) is 70.4 cm³/mol. The van der Waals surface area contributed by atoms with Crippen LogP contribution in [-0.4, -0.2) is 23.1 Å². The van der Waals surface area contributed by atoms with Gasteiger partial charge in [0.15, 0.2) is 6.10 Å². The third-order valence-electron chi connectivity index (χ3n) is 3.08. The van der Waals surface area contributed by atoms with E-state index < -0.39 is 12.1 Å². The van der Waals surface area contributed by atoms with E-state index in [2.05, 4.69) is 5.32 Å². The van der Waals surface area contributed by atoms with Crippen LogP contribution >= 0.6 is 0 Å². The maximum Gasteiger partial charge on any atom is 0.344 e. The van der Waals surface area contributed by atoms with E-state index >= 15 is 0 Å². The number of carbonyl (C=O) groups is 2. The normalized spacial score (nSPS) is 15.3. The van der Waals surface area contributed by atoms with Gasteiger partial charge in [0.05, 0.1) is 0 Å². The number of ether oxygens (including phenoxy) is 1. The van der Waals surface area contributed by atoms with Gasteiger partial charge in [-0.15, -0.1) is 0 Å². The van der Waals surface area contributed by atoms with E-state index in [9.17, 15) is 9.59 Å². The molecule has 0 aliphatic carbocycles. The highest BCUT2D eigenvalue weighted by atomic mass is 16.5. The lowest BCUT2D eigenvalue weighted by molar-refractivity contribution is -0.145. The molecule has 1 aromatic rings. The molecule has 1 unspecified atom stereocenters. The van der Waals surface area contributed by atoms with Gasteiger partial charge < -0.3 is 15.2 Å². The van der Waals surface area contributed by atoms with Gasteiger partial charge in [-0.1, -0.05) is 13.3 Å². The Morgan fingerprint density at radius 3 is 2.95 bits per heavy atom. The fourth-order valence-corrected chi connectivity index (χ4v) is 2.09. The summed E-state index contributed by atoms with van der Waals surface area (Å²) in [4.78, 5) is 22.3. The molecule has 19 heavy (non-hydrogen) atoms. The van der Waals surface area contributed by atoms with E-state index in [4.69, 9.17) is 9.84 Å². The van der Waals surface area contributed by atoms with Crippen LogP contribution in [0, 0.1) is 0 Å². The molecule has 0 saturated carbocycles. The molecular weight excluding hydrogens is 246 g/mol. The van der Waals surface area contributed by atoms with Gasteiger partial charge in [-0.25, -0.2) is 4.79 Å². The fraction of sp³-hybridized carbons (Fsp3) is 0.429. The average Bonchev–Trinajstić information content (AvgIpc) is 2.38. The molecule has 1 aliphatic rings. The molecule has 5 nitrogen and oxygen atoms in total. The van der Waals surface area contributed by atoms with E-state index in [1.165, 1.54) is 0 Å². The highest BCUT2D eigenvalue weighted by Crippen LogP contribution is 2.27. The lowest BCUT2D eigenvalue weighted by Gasteiger charge is -2.19. The van der Waals surface area contributed by atoms with Crippen LogP contribution in [0.1, 0.15) is 31.7 Å². The highest BCUT2D eigenvalue weighted by molar-refractivity contribution is 5.94. The van der Waals surface area contributed by atoms with Crippen molar-refractivity contribution in [1.29, 1.82) is 0 Å². The van der Waals surface area contributed by atoms with Gasteiger partial charge in [0, 0.05) is 12.1 Å². The molecule has 102 valence electrons. The van der Waals surface area contributed by atoms with Crippen molar-refractivity contribution < 1.29 is 19.4 Å². The minimum absolute atomic E-state index is 0.00978. The van der Waals surface area contributed by atoms with Crippen LogP contribution in [0.5, 0.6) is 5.75 Å². The Kier molecular flexibility index (Phi) is 4.04. The van der Waals surface area contributed by atoms with Crippen LogP contribution in [0.3, 0.4) is 0 Å². The second-order valence-corrected chi connectivity index (χ2v) is 4.60. The number of anilines is 1. The third-order valence-corrected chi connectivity index (χ3v) is 3.08. The van der Waals surface area contributed by atoms with Crippen LogP contribution in [0.4, 0.5) is 5.69 Å². The molecule has 1 aliphatic heterocycles. The first-order valence-corrected chi connectivity index (χ1v) is 6.42. The second kappa shape index (κ2) is 5.73. The van der Waals surface area contributed by atoms with Gasteiger partial charge in [0.1, 0.15) is 5.75 Å². The van der Waals surface area contributed by atoms with Crippen molar-refractivity contribution in [2.24, 2.45) is 0 Å². The summed E-state index contributed by atoms with van der Waals surface area (Å²) in [6, 6.07) is 5.25. The Morgan fingerprint density at radius 2 is 2.26 bits per heavy atom. The molecule has 5 heteroatoms. The zero-order chi connectivity index (χ0) is 13.8. The number of fused-ring (bicyclic) bond motifs is 1. The molecule has 1 heterocycles. The van der Waals surface area contributed by atoms with Crippen molar-refractivity contribution in [3.8, 4) is 5.75 Å². The lowest BCUT2D eigenvalue weighted by Crippen LogP contribution is -2.27. The number of amides is 1. The Morgan fingerprint density at radius 1 is 1.47 bits per heavy atom. The summed E-state index contributed by atoms with van der Waals surface area (Å²) in [5, 5.41) is 11.8. The van der Waals surface area contributed by atoms with Crippen molar-refractivity contribution in [2.45, 2.75) is 38.7 Å². The van der Waals surface area contributed by atoms with E-state index in [-0.39, 0.29) is 5.91 Å². The molecule has 0 radical (unpaired) electrons. The Labute approximate surface area is 111 Å². The van der Waals surface area contributed by atoms with Crippen LogP contribution in [0.2, 0.25) is 0 Å². The first kappa shape index (κ1) is 13.4. The molecule has 0 fully saturated rings. The average molecular weight is 263 g/mol. The van der Waals surface area contributed by atoms with E-state index in [0.717, 1.165) is 17.7 Å². The van der Waals surface area contributed by atoms with Gasteiger partial charge in [-0.05, 0) is 36.6 Å². The molecule has 0 aromatic heterocycles. The molecule has 2 N–H and O–H groups in total. The van der Waals surface area contributed by atoms with E-state index in [1.807, 2.05) is 6.92 Å².